The molecule has 1 aromatic rings. The maximum absolute atomic E-state index is 11.4. The van der Waals surface area contributed by atoms with E-state index in [0.717, 1.165) is 29.7 Å². The first kappa shape index (κ1) is 8.05. The zero-order valence-corrected chi connectivity index (χ0v) is 8.40. The van der Waals surface area contributed by atoms with Gasteiger partial charge in [-0.25, -0.2) is 0 Å². The molecule has 0 N–H and O–H groups in total. The largest absolute Gasteiger partial charge is 0.453 e. The minimum absolute atomic E-state index is 0.225. The van der Waals surface area contributed by atoms with Gasteiger partial charge in [-0.1, -0.05) is 0 Å². The first-order valence-electron chi connectivity index (χ1n) is 4.01. The van der Waals surface area contributed by atoms with Crippen LogP contribution in [0, 0.1) is 6.92 Å². The highest BCUT2D eigenvalue weighted by atomic mass is 79.9. The number of aryl methyl sites for hydroxylation is 1. The lowest BCUT2D eigenvalue weighted by atomic mass is 9.95. The fourth-order valence-corrected chi connectivity index (χ4v) is 2.01. The Bertz CT molecular complexity index is 339. The zero-order valence-electron chi connectivity index (χ0n) is 6.82. The molecule has 1 heterocycles. The van der Waals surface area contributed by atoms with Crippen molar-refractivity contribution in [1.29, 1.82) is 0 Å². The Balaban J connectivity index is 2.61. The summed E-state index contributed by atoms with van der Waals surface area (Å²) in [7, 11) is 0. The number of ketones is 1. The normalized spacial score (nSPS) is 16.3. The van der Waals surface area contributed by atoms with Gasteiger partial charge in [0.25, 0.3) is 0 Å². The van der Waals surface area contributed by atoms with Gasteiger partial charge < -0.3 is 4.42 Å². The van der Waals surface area contributed by atoms with E-state index in [1.54, 1.807) is 0 Å². The molecule has 0 unspecified atom stereocenters. The van der Waals surface area contributed by atoms with Gasteiger partial charge >= 0.3 is 0 Å². The van der Waals surface area contributed by atoms with Gasteiger partial charge in [-0.05, 0) is 29.3 Å². The van der Waals surface area contributed by atoms with E-state index < -0.39 is 0 Å². The topological polar surface area (TPSA) is 30.2 Å². The lowest BCUT2D eigenvalue weighted by molar-refractivity contribution is 0.0969. The Hall–Kier alpha value is -0.570. The van der Waals surface area contributed by atoms with Crippen LogP contribution in [-0.4, -0.2) is 5.78 Å². The van der Waals surface area contributed by atoms with Crippen molar-refractivity contribution in [3.8, 4) is 0 Å². The lowest BCUT2D eigenvalue weighted by Gasteiger charge is -2.07. The molecule has 0 saturated heterocycles. The number of halogens is 1. The minimum atomic E-state index is 0.225. The molecule has 3 heteroatoms. The van der Waals surface area contributed by atoms with E-state index >= 15 is 0 Å². The van der Waals surface area contributed by atoms with E-state index in [1.165, 1.54) is 0 Å². The first-order chi connectivity index (χ1) is 5.70. The highest BCUT2D eigenvalue weighted by molar-refractivity contribution is 9.10. The van der Waals surface area contributed by atoms with Gasteiger partial charge in [0.05, 0.1) is 5.56 Å². The third-order valence-electron chi connectivity index (χ3n) is 2.25. The molecule has 1 aliphatic rings. The molecule has 0 amide bonds. The fraction of sp³-hybridized carbons (Fsp3) is 0.444. The van der Waals surface area contributed by atoms with Crippen LogP contribution in [0.4, 0.5) is 0 Å². The van der Waals surface area contributed by atoms with Gasteiger partial charge in [-0.2, -0.15) is 0 Å². The van der Waals surface area contributed by atoms with Crippen molar-refractivity contribution in [2.75, 3.05) is 0 Å². The van der Waals surface area contributed by atoms with Gasteiger partial charge in [0, 0.05) is 18.4 Å². The van der Waals surface area contributed by atoms with Crippen molar-refractivity contribution >= 4 is 21.7 Å². The van der Waals surface area contributed by atoms with E-state index in [2.05, 4.69) is 15.9 Å². The molecule has 0 radical (unpaired) electrons. The summed E-state index contributed by atoms with van der Waals surface area (Å²) in [4.78, 5) is 11.4. The van der Waals surface area contributed by atoms with E-state index in [9.17, 15) is 4.79 Å². The standard InChI is InChI=1S/C9H9BrO2/c1-5-8-6(11)3-2-4-7(8)12-9(5)10/h2-4H2,1H3. The SMILES string of the molecule is Cc1c(Br)oc2c1C(=O)CCC2. The molecular weight excluding hydrogens is 220 g/mol. The molecule has 2 nitrogen and oxygen atoms in total. The lowest BCUT2D eigenvalue weighted by Crippen LogP contribution is -2.09. The van der Waals surface area contributed by atoms with Crippen LogP contribution in [0.2, 0.25) is 0 Å². The van der Waals surface area contributed by atoms with Crippen molar-refractivity contribution < 1.29 is 9.21 Å². The number of carbonyl (C=O) groups excluding carboxylic acids is 1. The third kappa shape index (κ3) is 1.04. The number of hydrogen-bond acceptors (Lipinski definition) is 2. The average Bonchev–Trinajstić information content (AvgIpc) is 2.29. The van der Waals surface area contributed by atoms with Crippen LogP contribution in [0.3, 0.4) is 0 Å². The molecule has 1 aliphatic carbocycles. The van der Waals surface area contributed by atoms with Crippen molar-refractivity contribution in [3.63, 3.8) is 0 Å². The van der Waals surface area contributed by atoms with Gasteiger partial charge in [-0.3, -0.25) is 4.79 Å². The summed E-state index contributed by atoms with van der Waals surface area (Å²) in [6.45, 7) is 1.91. The number of Topliss-reactive ketones (excluding diaryl/α,β-unsaturated/α-hetero) is 1. The Morgan fingerprint density at radius 2 is 2.17 bits per heavy atom. The van der Waals surface area contributed by atoms with E-state index in [1.807, 2.05) is 6.92 Å². The second-order valence-electron chi connectivity index (χ2n) is 3.08. The van der Waals surface area contributed by atoms with Crippen LogP contribution < -0.4 is 0 Å². The van der Waals surface area contributed by atoms with Crippen LogP contribution in [0.5, 0.6) is 0 Å². The smallest absolute Gasteiger partial charge is 0.173 e. The Kier molecular flexibility index (Phi) is 1.83. The highest BCUT2D eigenvalue weighted by Gasteiger charge is 2.24. The monoisotopic (exact) mass is 228 g/mol. The van der Waals surface area contributed by atoms with Gasteiger partial charge in [0.1, 0.15) is 5.76 Å². The van der Waals surface area contributed by atoms with E-state index in [4.69, 9.17) is 4.42 Å². The maximum atomic E-state index is 11.4. The summed E-state index contributed by atoms with van der Waals surface area (Å²) in [5.74, 6) is 1.08. The molecule has 2 rings (SSSR count). The van der Waals surface area contributed by atoms with Gasteiger partial charge in [-0.15, -0.1) is 0 Å². The summed E-state index contributed by atoms with van der Waals surface area (Å²) < 4.78 is 6.11. The molecule has 12 heavy (non-hydrogen) atoms. The molecule has 0 spiro atoms. The Morgan fingerprint density at radius 1 is 1.42 bits per heavy atom. The zero-order chi connectivity index (χ0) is 8.72. The molecule has 0 fully saturated rings. The van der Waals surface area contributed by atoms with Gasteiger partial charge in [0.15, 0.2) is 10.5 Å². The first-order valence-corrected chi connectivity index (χ1v) is 4.80. The summed E-state index contributed by atoms with van der Waals surface area (Å²) in [5, 5.41) is 0. The molecule has 0 aromatic carbocycles. The number of carbonyl (C=O) groups is 1. The summed E-state index contributed by atoms with van der Waals surface area (Å²) >= 11 is 3.28. The van der Waals surface area contributed by atoms with Gasteiger partial charge in [0.2, 0.25) is 0 Å². The van der Waals surface area contributed by atoms with Crippen LogP contribution in [0.15, 0.2) is 9.09 Å². The number of hydrogen-bond donors (Lipinski definition) is 0. The summed E-state index contributed by atoms with van der Waals surface area (Å²) in [5.41, 5.74) is 1.77. The fourth-order valence-electron chi connectivity index (χ4n) is 1.62. The van der Waals surface area contributed by atoms with Crippen LogP contribution in [0.25, 0.3) is 0 Å². The highest BCUT2D eigenvalue weighted by Crippen LogP contribution is 2.31. The quantitative estimate of drug-likeness (QED) is 0.684. The second kappa shape index (κ2) is 2.73. The van der Waals surface area contributed by atoms with Crippen molar-refractivity contribution in [2.45, 2.75) is 26.2 Å². The number of rotatable bonds is 0. The maximum Gasteiger partial charge on any atom is 0.173 e. The average molecular weight is 229 g/mol. The molecule has 0 atom stereocenters. The minimum Gasteiger partial charge on any atom is -0.453 e. The Labute approximate surface area is 79.1 Å². The van der Waals surface area contributed by atoms with Crippen molar-refractivity contribution in [2.24, 2.45) is 0 Å². The molecule has 0 saturated carbocycles. The molecule has 64 valence electrons. The summed E-state index contributed by atoms with van der Waals surface area (Å²) in [6, 6.07) is 0. The van der Waals surface area contributed by atoms with Crippen LogP contribution >= 0.6 is 15.9 Å². The molecule has 0 bridgehead atoms. The van der Waals surface area contributed by atoms with E-state index in [0.29, 0.717) is 11.1 Å². The van der Waals surface area contributed by atoms with Crippen LogP contribution in [0.1, 0.15) is 34.5 Å². The third-order valence-corrected chi connectivity index (χ3v) is 3.00. The van der Waals surface area contributed by atoms with E-state index in [-0.39, 0.29) is 5.78 Å². The number of furan rings is 1. The molecule has 1 aromatic heterocycles. The second-order valence-corrected chi connectivity index (χ2v) is 3.80. The predicted molar refractivity (Wildman–Crippen MR) is 48.4 cm³/mol. The van der Waals surface area contributed by atoms with Crippen molar-refractivity contribution in [1.82, 2.24) is 0 Å². The Morgan fingerprint density at radius 3 is 2.83 bits per heavy atom. The molecule has 0 aliphatic heterocycles. The van der Waals surface area contributed by atoms with Crippen molar-refractivity contribution in [3.05, 3.63) is 21.6 Å². The van der Waals surface area contributed by atoms with Crippen LogP contribution in [-0.2, 0) is 6.42 Å². The predicted octanol–water partition coefficient (Wildman–Crippen LogP) is 2.87. The molecular formula is C9H9BrO2. The summed E-state index contributed by atoms with van der Waals surface area (Å²) in [6.07, 6.45) is 2.48. The number of fused-ring (bicyclic) bond motifs is 1.